The number of nitrogens with one attached hydrogen (secondary N) is 3. The molecule has 6 heteroatoms. The highest BCUT2D eigenvalue weighted by molar-refractivity contribution is 6.13. The number of anilines is 2. The third kappa shape index (κ3) is 3.21. The van der Waals surface area contributed by atoms with E-state index >= 15 is 0 Å². The minimum absolute atomic E-state index is 0.0282. The minimum atomic E-state index is -0.0282. The van der Waals surface area contributed by atoms with Crippen molar-refractivity contribution in [3.8, 4) is 0 Å². The lowest BCUT2D eigenvalue weighted by Gasteiger charge is -2.25. The van der Waals surface area contributed by atoms with Crippen molar-refractivity contribution < 1.29 is 4.74 Å². The van der Waals surface area contributed by atoms with E-state index in [0.717, 1.165) is 42.6 Å². The Hall–Kier alpha value is -2.86. The predicted octanol–water partition coefficient (Wildman–Crippen LogP) is 3.50. The normalized spacial score (nSPS) is 17.5. The summed E-state index contributed by atoms with van der Waals surface area (Å²) in [4.78, 5) is 7.74. The number of imidazole rings is 1. The van der Waals surface area contributed by atoms with E-state index in [4.69, 9.17) is 15.9 Å². The van der Waals surface area contributed by atoms with Gasteiger partial charge < -0.3 is 20.8 Å². The lowest BCUT2D eigenvalue weighted by molar-refractivity contribution is 0.0343. The smallest absolute Gasteiger partial charge is 0.157 e. The average Bonchev–Trinajstić information content (AvgIpc) is 3.08. The van der Waals surface area contributed by atoms with E-state index < -0.39 is 0 Å². The number of fused-ring (bicyclic) bond motifs is 1. The number of nitrogens with two attached hydrogens (primary N) is 1. The van der Waals surface area contributed by atoms with Gasteiger partial charge in [0.05, 0.1) is 11.0 Å². The van der Waals surface area contributed by atoms with E-state index in [1.54, 1.807) is 6.07 Å². The highest BCUT2D eigenvalue weighted by Crippen LogP contribution is 2.25. The summed E-state index contributed by atoms with van der Waals surface area (Å²) in [5, 5.41) is 12.0. The van der Waals surface area contributed by atoms with Crippen molar-refractivity contribution in [2.24, 2.45) is 0 Å². The fraction of sp³-hybridized carbons (Fsp3) is 0.263. The van der Waals surface area contributed by atoms with Crippen molar-refractivity contribution in [2.75, 3.05) is 17.7 Å². The molecule has 2 aromatic carbocycles. The lowest BCUT2D eigenvalue weighted by atomic mass is 10.1. The lowest BCUT2D eigenvalue weighted by Crippen LogP contribution is -2.28. The Kier molecular flexibility index (Phi) is 4.11. The summed E-state index contributed by atoms with van der Waals surface area (Å²) in [5.74, 6) is 0.527. The van der Waals surface area contributed by atoms with Gasteiger partial charge in [-0.15, -0.1) is 0 Å². The minimum Gasteiger partial charge on any atom is -0.399 e. The molecule has 128 valence electrons. The van der Waals surface area contributed by atoms with Gasteiger partial charge in [0.1, 0.15) is 11.9 Å². The van der Waals surface area contributed by atoms with Crippen LogP contribution < -0.4 is 11.1 Å². The van der Waals surface area contributed by atoms with Crippen molar-refractivity contribution in [1.29, 1.82) is 5.41 Å². The van der Waals surface area contributed by atoms with Gasteiger partial charge in [-0.2, -0.15) is 0 Å². The van der Waals surface area contributed by atoms with Gasteiger partial charge >= 0.3 is 0 Å². The zero-order chi connectivity index (χ0) is 17.2. The van der Waals surface area contributed by atoms with Gasteiger partial charge in [-0.1, -0.05) is 12.1 Å². The predicted molar refractivity (Wildman–Crippen MR) is 100 cm³/mol. The van der Waals surface area contributed by atoms with Crippen molar-refractivity contribution in [3.05, 3.63) is 53.9 Å². The number of nitrogen functional groups attached to an aromatic ring is 1. The van der Waals surface area contributed by atoms with Gasteiger partial charge in [0, 0.05) is 23.5 Å². The molecule has 1 fully saturated rings. The third-order valence-electron chi connectivity index (χ3n) is 4.44. The number of benzene rings is 2. The summed E-state index contributed by atoms with van der Waals surface area (Å²) >= 11 is 0. The summed E-state index contributed by atoms with van der Waals surface area (Å²) in [6.07, 6.45) is 3.17. The Labute approximate surface area is 145 Å². The van der Waals surface area contributed by atoms with Gasteiger partial charge in [-0.3, -0.25) is 5.41 Å². The van der Waals surface area contributed by atoms with Crippen LogP contribution in [0.15, 0.2) is 42.5 Å². The van der Waals surface area contributed by atoms with Crippen LogP contribution in [0.5, 0.6) is 0 Å². The molecule has 25 heavy (non-hydrogen) atoms. The first-order valence-electron chi connectivity index (χ1n) is 8.52. The van der Waals surface area contributed by atoms with Crippen LogP contribution in [0.2, 0.25) is 0 Å². The SMILES string of the molecule is N=C(c1nc2ccccc2[nH]1)c1cc(N)ccc1NC1CCCCO1. The van der Waals surface area contributed by atoms with E-state index in [0.29, 0.717) is 22.8 Å². The summed E-state index contributed by atoms with van der Waals surface area (Å²) in [5.41, 5.74) is 10.2. The van der Waals surface area contributed by atoms with Crippen LogP contribution >= 0.6 is 0 Å². The number of ether oxygens (including phenoxy) is 1. The van der Waals surface area contributed by atoms with Crippen molar-refractivity contribution in [1.82, 2.24) is 9.97 Å². The largest absolute Gasteiger partial charge is 0.399 e. The Morgan fingerprint density at radius 1 is 1.24 bits per heavy atom. The zero-order valence-corrected chi connectivity index (χ0v) is 13.9. The molecule has 1 atom stereocenters. The molecule has 1 aliphatic heterocycles. The highest BCUT2D eigenvalue weighted by atomic mass is 16.5. The van der Waals surface area contributed by atoms with Crippen molar-refractivity contribution in [2.45, 2.75) is 25.5 Å². The molecule has 0 saturated carbocycles. The van der Waals surface area contributed by atoms with E-state index in [9.17, 15) is 0 Å². The molecule has 1 saturated heterocycles. The Morgan fingerprint density at radius 2 is 2.12 bits per heavy atom. The molecule has 0 bridgehead atoms. The van der Waals surface area contributed by atoms with Crippen LogP contribution in [0, 0.1) is 5.41 Å². The van der Waals surface area contributed by atoms with Crippen LogP contribution in [0.3, 0.4) is 0 Å². The van der Waals surface area contributed by atoms with Crippen LogP contribution in [-0.2, 0) is 4.74 Å². The Morgan fingerprint density at radius 3 is 2.92 bits per heavy atom. The van der Waals surface area contributed by atoms with E-state index in [1.165, 1.54) is 0 Å². The number of H-pyrrole nitrogens is 1. The van der Waals surface area contributed by atoms with Crippen LogP contribution in [0.1, 0.15) is 30.7 Å². The summed E-state index contributed by atoms with van der Waals surface area (Å²) in [6, 6.07) is 13.3. The maximum Gasteiger partial charge on any atom is 0.157 e. The molecule has 1 unspecified atom stereocenters. The summed E-state index contributed by atoms with van der Waals surface area (Å²) in [6.45, 7) is 0.767. The highest BCUT2D eigenvalue weighted by Gasteiger charge is 2.18. The van der Waals surface area contributed by atoms with Crippen molar-refractivity contribution >= 4 is 28.1 Å². The van der Waals surface area contributed by atoms with Crippen molar-refractivity contribution in [3.63, 3.8) is 0 Å². The summed E-state index contributed by atoms with van der Waals surface area (Å²) in [7, 11) is 0. The van der Waals surface area contributed by atoms with Gasteiger partial charge in [0.15, 0.2) is 5.82 Å². The molecule has 4 rings (SSSR count). The quantitative estimate of drug-likeness (QED) is 0.433. The second-order valence-corrected chi connectivity index (χ2v) is 6.28. The molecule has 0 amide bonds. The maximum absolute atomic E-state index is 8.63. The third-order valence-corrected chi connectivity index (χ3v) is 4.44. The number of nitrogens with zero attached hydrogens (tertiary/aromatic N) is 1. The molecule has 6 nitrogen and oxygen atoms in total. The molecular formula is C19H21N5O. The van der Waals surface area contributed by atoms with Crippen LogP contribution in [0.4, 0.5) is 11.4 Å². The first-order chi connectivity index (χ1) is 12.2. The topological polar surface area (TPSA) is 99.8 Å². The number of hydrogen-bond donors (Lipinski definition) is 4. The molecule has 0 aliphatic carbocycles. The number of hydrogen-bond acceptors (Lipinski definition) is 5. The number of para-hydroxylation sites is 2. The molecule has 1 aliphatic rings. The van der Waals surface area contributed by atoms with E-state index in [2.05, 4.69) is 15.3 Å². The fourth-order valence-electron chi connectivity index (χ4n) is 3.12. The van der Waals surface area contributed by atoms with Gasteiger partial charge in [0.25, 0.3) is 0 Å². The Balaban J connectivity index is 1.67. The standard InChI is InChI=1S/C19H21N5O/c20-12-8-9-14(22-17-7-3-4-10-25-17)13(11-12)18(21)19-23-15-5-1-2-6-16(15)24-19/h1-2,5-6,8-9,11,17,21-22H,3-4,7,10,20H2,(H,23,24). The fourth-order valence-corrected chi connectivity index (χ4v) is 3.12. The van der Waals surface area contributed by atoms with E-state index in [1.807, 2.05) is 36.4 Å². The molecular weight excluding hydrogens is 314 g/mol. The zero-order valence-electron chi connectivity index (χ0n) is 13.9. The first-order valence-corrected chi connectivity index (χ1v) is 8.52. The first kappa shape index (κ1) is 15.7. The molecule has 5 N–H and O–H groups in total. The molecule has 0 radical (unpaired) electrons. The second kappa shape index (κ2) is 6.57. The number of aromatic nitrogens is 2. The second-order valence-electron chi connectivity index (χ2n) is 6.28. The van der Waals surface area contributed by atoms with Crippen LogP contribution in [-0.4, -0.2) is 28.5 Å². The monoisotopic (exact) mass is 335 g/mol. The van der Waals surface area contributed by atoms with Gasteiger partial charge in [-0.25, -0.2) is 4.98 Å². The van der Waals surface area contributed by atoms with Gasteiger partial charge in [0.2, 0.25) is 0 Å². The Bertz CT molecular complexity index is 878. The number of rotatable bonds is 4. The molecule has 2 heterocycles. The van der Waals surface area contributed by atoms with Crippen LogP contribution in [0.25, 0.3) is 11.0 Å². The number of aromatic amines is 1. The molecule has 0 spiro atoms. The maximum atomic E-state index is 8.63. The van der Waals surface area contributed by atoms with E-state index in [-0.39, 0.29) is 6.23 Å². The molecule has 1 aromatic heterocycles. The average molecular weight is 335 g/mol. The summed E-state index contributed by atoms with van der Waals surface area (Å²) < 4.78 is 5.76. The van der Waals surface area contributed by atoms with Gasteiger partial charge in [-0.05, 0) is 49.6 Å². The molecule has 3 aromatic rings.